The zero-order chi connectivity index (χ0) is 15.0. The van der Waals surface area contributed by atoms with Crippen molar-refractivity contribution >= 4 is 22.7 Å². The van der Waals surface area contributed by atoms with Crippen molar-refractivity contribution in [2.45, 2.75) is 18.6 Å². The Morgan fingerprint density at radius 2 is 2.19 bits per heavy atom. The van der Waals surface area contributed by atoms with E-state index in [4.69, 9.17) is 10.5 Å². The highest BCUT2D eigenvalue weighted by Crippen LogP contribution is 2.23. The van der Waals surface area contributed by atoms with Crippen molar-refractivity contribution in [1.82, 2.24) is 9.88 Å². The van der Waals surface area contributed by atoms with Crippen molar-refractivity contribution in [3.05, 3.63) is 36.0 Å². The van der Waals surface area contributed by atoms with Crippen LogP contribution in [0.15, 0.2) is 30.5 Å². The molecule has 0 bridgehead atoms. The molecule has 0 aliphatic carbocycles. The number of hydrogen-bond donors (Lipinski definition) is 2. The number of nitrogens with two attached hydrogens (primary N) is 1. The summed E-state index contributed by atoms with van der Waals surface area (Å²) in [5.41, 5.74) is 6.82. The summed E-state index contributed by atoms with van der Waals surface area (Å²) < 4.78 is 5.26. The molecule has 6 heteroatoms. The van der Waals surface area contributed by atoms with Crippen LogP contribution in [0.5, 0.6) is 0 Å². The van der Waals surface area contributed by atoms with Crippen molar-refractivity contribution in [3.63, 3.8) is 0 Å². The maximum absolute atomic E-state index is 12.6. The number of likely N-dealkylation sites (tertiary alicyclic amines) is 1. The van der Waals surface area contributed by atoms with Gasteiger partial charge in [0.05, 0.1) is 6.10 Å². The first kappa shape index (κ1) is 13.6. The molecule has 1 aromatic heterocycles. The van der Waals surface area contributed by atoms with E-state index in [-0.39, 0.29) is 12.0 Å². The predicted molar refractivity (Wildman–Crippen MR) is 77.7 cm³/mol. The number of nitrogens with zero attached hydrogens (tertiary/aromatic N) is 1. The summed E-state index contributed by atoms with van der Waals surface area (Å²) in [5.74, 6) is -0.696. The maximum Gasteiger partial charge on any atom is 0.254 e. The van der Waals surface area contributed by atoms with Crippen LogP contribution in [0.2, 0.25) is 0 Å². The summed E-state index contributed by atoms with van der Waals surface area (Å²) in [6.07, 6.45) is 2.12. The lowest BCUT2D eigenvalue weighted by molar-refractivity contribution is -0.121. The van der Waals surface area contributed by atoms with Gasteiger partial charge in [0.1, 0.15) is 6.04 Å². The maximum atomic E-state index is 12.6. The number of carbonyl (C=O) groups excluding carboxylic acids is 2. The van der Waals surface area contributed by atoms with Crippen LogP contribution in [0.1, 0.15) is 16.8 Å². The molecular weight excluding hydrogens is 270 g/mol. The Balaban J connectivity index is 1.90. The number of H-pyrrole nitrogens is 1. The number of carbonyl (C=O) groups is 2. The first-order chi connectivity index (χ1) is 10.1. The van der Waals surface area contributed by atoms with Gasteiger partial charge in [0.25, 0.3) is 5.91 Å². The van der Waals surface area contributed by atoms with E-state index in [1.807, 2.05) is 18.3 Å². The van der Waals surface area contributed by atoms with Crippen LogP contribution in [0.3, 0.4) is 0 Å². The average molecular weight is 287 g/mol. The number of primary amides is 1. The van der Waals surface area contributed by atoms with Gasteiger partial charge in [-0.15, -0.1) is 0 Å². The topological polar surface area (TPSA) is 88.4 Å². The second kappa shape index (κ2) is 5.21. The second-order valence-electron chi connectivity index (χ2n) is 5.25. The summed E-state index contributed by atoms with van der Waals surface area (Å²) in [6, 6.07) is 6.75. The van der Waals surface area contributed by atoms with Gasteiger partial charge in [0, 0.05) is 37.4 Å². The molecule has 1 aliphatic heterocycles. The molecule has 110 valence electrons. The highest BCUT2D eigenvalue weighted by Gasteiger charge is 2.39. The Bertz CT molecular complexity index is 694. The Kier molecular flexibility index (Phi) is 3.39. The van der Waals surface area contributed by atoms with Crippen molar-refractivity contribution in [2.75, 3.05) is 13.7 Å². The van der Waals surface area contributed by atoms with Crippen LogP contribution < -0.4 is 5.73 Å². The molecule has 0 spiro atoms. The standard InChI is InChI=1S/C15H17N3O3/c1-21-11-7-13(14(16)19)18(8-11)15(20)10-3-2-9-4-5-17-12(9)6-10/h2-6,11,13,17H,7-8H2,1H3,(H2,16,19). The molecule has 0 saturated carbocycles. The smallest absolute Gasteiger partial charge is 0.254 e. The second-order valence-corrected chi connectivity index (χ2v) is 5.25. The summed E-state index contributed by atoms with van der Waals surface area (Å²) in [4.78, 5) is 28.8. The van der Waals surface area contributed by atoms with Gasteiger partial charge in [-0.2, -0.15) is 0 Å². The number of ether oxygens (including phenoxy) is 1. The number of aromatic nitrogens is 1. The van der Waals surface area contributed by atoms with Gasteiger partial charge >= 0.3 is 0 Å². The molecule has 1 saturated heterocycles. The Hall–Kier alpha value is -2.34. The van der Waals surface area contributed by atoms with Crippen molar-refractivity contribution < 1.29 is 14.3 Å². The predicted octanol–water partition coefficient (Wildman–Crippen LogP) is 0.883. The third-order valence-corrected chi connectivity index (χ3v) is 3.99. The summed E-state index contributed by atoms with van der Waals surface area (Å²) in [7, 11) is 1.57. The van der Waals surface area contributed by atoms with E-state index in [1.54, 1.807) is 19.2 Å². The van der Waals surface area contributed by atoms with Gasteiger partial charge in [0.2, 0.25) is 5.91 Å². The quantitative estimate of drug-likeness (QED) is 0.878. The minimum absolute atomic E-state index is 0.152. The lowest BCUT2D eigenvalue weighted by atomic mass is 10.1. The fraction of sp³-hybridized carbons (Fsp3) is 0.333. The van der Waals surface area contributed by atoms with Gasteiger partial charge in [0.15, 0.2) is 0 Å². The fourth-order valence-electron chi connectivity index (χ4n) is 2.81. The monoisotopic (exact) mass is 287 g/mol. The Labute approximate surface area is 121 Å². The van der Waals surface area contributed by atoms with E-state index in [0.29, 0.717) is 18.5 Å². The van der Waals surface area contributed by atoms with Crippen LogP contribution in [-0.4, -0.2) is 47.5 Å². The van der Waals surface area contributed by atoms with Crippen LogP contribution in [0, 0.1) is 0 Å². The molecule has 2 amide bonds. The number of nitrogens with one attached hydrogen (secondary N) is 1. The zero-order valence-electron chi connectivity index (χ0n) is 11.7. The molecule has 2 aromatic rings. The highest BCUT2D eigenvalue weighted by atomic mass is 16.5. The SMILES string of the molecule is COC1CC(C(N)=O)N(C(=O)c2ccc3cc[nH]c3c2)C1. The molecule has 2 heterocycles. The normalized spacial score (nSPS) is 21.9. The van der Waals surface area contributed by atoms with Gasteiger partial charge < -0.3 is 20.4 Å². The van der Waals surface area contributed by atoms with E-state index >= 15 is 0 Å². The average Bonchev–Trinajstić information content (AvgIpc) is 3.11. The number of amides is 2. The molecule has 1 aliphatic rings. The van der Waals surface area contributed by atoms with E-state index in [9.17, 15) is 9.59 Å². The van der Waals surface area contributed by atoms with Gasteiger partial charge in [-0.1, -0.05) is 6.07 Å². The van der Waals surface area contributed by atoms with Gasteiger partial charge in [-0.05, 0) is 23.6 Å². The summed E-state index contributed by atoms with van der Waals surface area (Å²) in [5, 5.41) is 1.04. The molecule has 6 nitrogen and oxygen atoms in total. The van der Waals surface area contributed by atoms with E-state index < -0.39 is 11.9 Å². The van der Waals surface area contributed by atoms with E-state index in [1.165, 1.54) is 4.90 Å². The van der Waals surface area contributed by atoms with Crippen molar-refractivity contribution in [1.29, 1.82) is 0 Å². The van der Waals surface area contributed by atoms with E-state index in [2.05, 4.69) is 4.98 Å². The van der Waals surface area contributed by atoms with Crippen LogP contribution >= 0.6 is 0 Å². The van der Waals surface area contributed by atoms with Crippen LogP contribution in [-0.2, 0) is 9.53 Å². The molecule has 0 radical (unpaired) electrons. The fourth-order valence-corrected chi connectivity index (χ4v) is 2.81. The molecule has 1 fully saturated rings. The number of rotatable bonds is 3. The molecule has 2 atom stereocenters. The number of hydrogen-bond acceptors (Lipinski definition) is 3. The molecule has 21 heavy (non-hydrogen) atoms. The van der Waals surface area contributed by atoms with Gasteiger partial charge in [-0.25, -0.2) is 0 Å². The number of benzene rings is 1. The lowest BCUT2D eigenvalue weighted by Crippen LogP contribution is -2.43. The van der Waals surface area contributed by atoms with Crippen LogP contribution in [0.4, 0.5) is 0 Å². The summed E-state index contributed by atoms with van der Waals surface area (Å²) >= 11 is 0. The molecule has 1 aromatic carbocycles. The van der Waals surface area contributed by atoms with Crippen molar-refractivity contribution in [2.24, 2.45) is 5.73 Å². The lowest BCUT2D eigenvalue weighted by Gasteiger charge is -2.22. The number of aromatic amines is 1. The molecular formula is C15H17N3O3. The first-order valence-electron chi connectivity index (χ1n) is 6.80. The van der Waals surface area contributed by atoms with E-state index in [0.717, 1.165) is 10.9 Å². The highest BCUT2D eigenvalue weighted by molar-refractivity contribution is 6.00. The summed E-state index contributed by atoms with van der Waals surface area (Å²) in [6.45, 7) is 0.381. The zero-order valence-corrected chi connectivity index (χ0v) is 11.7. The van der Waals surface area contributed by atoms with Crippen LogP contribution in [0.25, 0.3) is 10.9 Å². The third kappa shape index (κ3) is 2.38. The largest absolute Gasteiger partial charge is 0.380 e. The molecule has 2 unspecified atom stereocenters. The van der Waals surface area contributed by atoms with Crippen molar-refractivity contribution in [3.8, 4) is 0 Å². The molecule has 3 rings (SSSR count). The Morgan fingerprint density at radius 1 is 1.38 bits per heavy atom. The first-order valence-corrected chi connectivity index (χ1v) is 6.80. The van der Waals surface area contributed by atoms with Gasteiger partial charge in [-0.3, -0.25) is 9.59 Å². The molecule has 3 N–H and O–H groups in total. The third-order valence-electron chi connectivity index (χ3n) is 3.99. The minimum Gasteiger partial charge on any atom is -0.380 e. The number of methoxy groups -OCH3 is 1. The Morgan fingerprint density at radius 3 is 2.90 bits per heavy atom. The number of fused-ring (bicyclic) bond motifs is 1. The minimum atomic E-state index is -0.609.